The van der Waals surface area contributed by atoms with Gasteiger partial charge in [0.1, 0.15) is 12.4 Å². The smallest absolute Gasteiger partial charge is 0.138 e. The van der Waals surface area contributed by atoms with Crippen LogP contribution in [-0.2, 0) is 13.2 Å². The summed E-state index contributed by atoms with van der Waals surface area (Å²) in [6.07, 6.45) is 3.45. The molecule has 0 aliphatic rings. The molecule has 88 valence electrons. The van der Waals surface area contributed by atoms with Crippen LogP contribution in [0.15, 0.2) is 36.7 Å². The average molecular weight is 229 g/mol. The Morgan fingerprint density at radius 3 is 2.82 bits per heavy atom. The van der Waals surface area contributed by atoms with E-state index in [0.717, 1.165) is 22.7 Å². The number of aryl methyl sites for hydroxylation is 1. The molecule has 4 heteroatoms. The first kappa shape index (κ1) is 11.5. The molecular formula is C13H15N3O. The van der Waals surface area contributed by atoms with E-state index in [2.05, 4.69) is 9.97 Å². The average Bonchev–Trinajstić information content (AvgIpc) is 2.38. The number of hydrogen-bond acceptors (Lipinski definition) is 4. The molecule has 2 aromatic heterocycles. The SMILES string of the molecule is Cc1ccc(OCc2cccnc2CN)cn1. The standard InChI is InChI=1S/C13H15N3O/c1-10-4-5-12(8-16-10)17-9-11-3-2-6-15-13(11)7-14/h2-6,8H,7,9,14H2,1H3. The van der Waals surface area contributed by atoms with E-state index in [0.29, 0.717) is 13.2 Å². The van der Waals surface area contributed by atoms with Gasteiger partial charge in [-0.25, -0.2) is 0 Å². The zero-order chi connectivity index (χ0) is 12.1. The van der Waals surface area contributed by atoms with Gasteiger partial charge in [-0.15, -0.1) is 0 Å². The predicted octanol–water partition coefficient (Wildman–Crippen LogP) is 1.82. The van der Waals surface area contributed by atoms with Gasteiger partial charge in [0.05, 0.1) is 11.9 Å². The molecule has 0 spiro atoms. The lowest BCUT2D eigenvalue weighted by atomic mass is 10.2. The van der Waals surface area contributed by atoms with Crippen molar-refractivity contribution in [3.05, 3.63) is 53.6 Å². The molecule has 17 heavy (non-hydrogen) atoms. The van der Waals surface area contributed by atoms with Crippen LogP contribution in [0.5, 0.6) is 5.75 Å². The Morgan fingerprint density at radius 1 is 1.24 bits per heavy atom. The highest BCUT2D eigenvalue weighted by Crippen LogP contribution is 2.12. The van der Waals surface area contributed by atoms with Gasteiger partial charge in [0, 0.05) is 24.0 Å². The summed E-state index contributed by atoms with van der Waals surface area (Å²) in [6, 6.07) is 7.67. The molecule has 0 saturated heterocycles. The summed E-state index contributed by atoms with van der Waals surface area (Å²) < 4.78 is 5.63. The molecule has 0 bridgehead atoms. The fraction of sp³-hybridized carbons (Fsp3) is 0.231. The molecule has 0 radical (unpaired) electrons. The second-order valence-electron chi connectivity index (χ2n) is 3.74. The lowest BCUT2D eigenvalue weighted by Crippen LogP contribution is -2.06. The Bertz CT molecular complexity index is 482. The minimum atomic E-state index is 0.422. The Balaban J connectivity index is 2.04. The van der Waals surface area contributed by atoms with Crippen LogP contribution in [0.2, 0.25) is 0 Å². The van der Waals surface area contributed by atoms with Gasteiger partial charge in [0.2, 0.25) is 0 Å². The second-order valence-corrected chi connectivity index (χ2v) is 3.74. The molecule has 0 fully saturated rings. The van der Waals surface area contributed by atoms with E-state index in [9.17, 15) is 0 Å². The summed E-state index contributed by atoms with van der Waals surface area (Å²) in [7, 11) is 0. The monoisotopic (exact) mass is 229 g/mol. The lowest BCUT2D eigenvalue weighted by molar-refractivity contribution is 0.303. The molecule has 0 aromatic carbocycles. The summed E-state index contributed by atoms with van der Waals surface area (Å²) in [6.45, 7) is 2.83. The topological polar surface area (TPSA) is 61.0 Å². The van der Waals surface area contributed by atoms with E-state index in [4.69, 9.17) is 10.5 Å². The zero-order valence-electron chi connectivity index (χ0n) is 9.76. The maximum absolute atomic E-state index is 5.63. The number of pyridine rings is 2. The summed E-state index contributed by atoms with van der Waals surface area (Å²) in [5.74, 6) is 0.752. The molecule has 0 atom stereocenters. The van der Waals surface area contributed by atoms with Gasteiger partial charge in [0.25, 0.3) is 0 Å². The third kappa shape index (κ3) is 3.01. The highest BCUT2D eigenvalue weighted by Gasteiger charge is 2.02. The van der Waals surface area contributed by atoms with Gasteiger partial charge in [-0.2, -0.15) is 0 Å². The quantitative estimate of drug-likeness (QED) is 0.868. The maximum atomic E-state index is 5.63. The molecular weight excluding hydrogens is 214 g/mol. The zero-order valence-corrected chi connectivity index (χ0v) is 9.76. The Labute approximate surface area is 100 Å². The second kappa shape index (κ2) is 5.41. The number of nitrogens with zero attached hydrogens (tertiary/aromatic N) is 2. The number of ether oxygens (including phenoxy) is 1. The van der Waals surface area contributed by atoms with Crippen molar-refractivity contribution in [2.24, 2.45) is 5.73 Å². The molecule has 2 rings (SSSR count). The van der Waals surface area contributed by atoms with Crippen LogP contribution in [0.25, 0.3) is 0 Å². The number of nitrogens with two attached hydrogens (primary N) is 1. The minimum Gasteiger partial charge on any atom is -0.487 e. The summed E-state index contributed by atoms with van der Waals surface area (Å²) in [5.41, 5.74) is 8.46. The van der Waals surface area contributed by atoms with Gasteiger partial charge in [-0.05, 0) is 25.1 Å². The lowest BCUT2D eigenvalue weighted by Gasteiger charge is -2.08. The van der Waals surface area contributed by atoms with E-state index in [1.807, 2.05) is 31.2 Å². The molecule has 0 saturated carbocycles. The van der Waals surface area contributed by atoms with Crippen molar-refractivity contribution in [1.29, 1.82) is 0 Å². The fourth-order valence-corrected chi connectivity index (χ4v) is 1.49. The number of rotatable bonds is 4. The highest BCUT2D eigenvalue weighted by molar-refractivity contribution is 5.22. The van der Waals surface area contributed by atoms with Crippen LogP contribution in [-0.4, -0.2) is 9.97 Å². The summed E-state index contributed by atoms with van der Waals surface area (Å²) >= 11 is 0. The van der Waals surface area contributed by atoms with Crippen LogP contribution >= 0.6 is 0 Å². The van der Waals surface area contributed by atoms with Crippen molar-refractivity contribution in [3.63, 3.8) is 0 Å². The molecule has 4 nitrogen and oxygen atoms in total. The Morgan fingerprint density at radius 2 is 2.12 bits per heavy atom. The van der Waals surface area contributed by atoms with Crippen LogP contribution < -0.4 is 10.5 Å². The summed E-state index contributed by atoms with van der Waals surface area (Å²) in [4.78, 5) is 8.37. The molecule has 2 aromatic rings. The van der Waals surface area contributed by atoms with Gasteiger partial charge >= 0.3 is 0 Å². The maximum Gasteiger partial charge on any atom is 0.138 e. The van der Waals surface area contributed by atoms with E-state index in [1.54, 1.807) is 12.4 Å². The van der Waals surface area contributed by atoms with Crippen molar-refractivity contribution in [1.82, 2.24) is 9.97 Å². The van der Waals surface area contributed by atoms with Crippen LogP contribution in [0, 0.1) is 6.92 Å². The number of aromatic nitrogens is 2. The highest BCUT2D eigenvalue weighted by atomic mass is 16.5. The number of hydrogen-bond donors (Lipinski definition) is 1. The van der Waals surface area contributed by atoms with E-state index < -0.39 is 0 Å². The van der Waals surface area contributed by atoms with Crippen molar-refractivity contribution >= 4 is 0 Å². The minimum absolute atomic E-state index is 0.422. The van der Waals surface area contributed by atoms with E-state index in [-0.39, 0.29) is 0 Å². The third-order valence-corrected chi connectivity index (χ3v) is 2.46. The van der Waals surface area contributed by atoms with E-state index in [1.165, 1.54) is 0 Å². The van der Waals surface area contributed by atoms with E-state index >= 15 is 0 Å². The summed E-state index contributed by atoms with van der Waals surface area (Å²) in [5, 5.41) is 0. The first-order valence-corrected chi connectivity index (χ1v) is 5.48. The van der Waals surface area contributed by atoms with Crippen LogP contribution in [0.4, 0.5) is 0 Å². The van der Waals surface area contributed by atoms with Gasteiger partial charge in [-0.1, -0.05) is 6.07 Å². The predicted molar refractivity (Wildman–Crippen MR) is 65.4 cm³/mol. The molecule has 0 amide bonds. The van der Waals surface area contributed by atoms with Crippen molar-refractivity contribution in [2.75, 3.05) is 0 Å². The largest absolute Gasteiger partial charge is 0.487 e. The molecule has 0 aliphatic carbocycles. The van der Waals surface area contributed by atoms with Crippen LogP contribution in [0.1, 0.15) is 17.0 Å². The van der Waals surface area contributed by atoms with Crippen LogP contribution in [0.3, 0.4) is 0 Å². The molecule has 2 heterocycles. The van der Waals surface area contributed by atoms with Crippen molar-refractivity contribution < 1.29 is 4.74 Å². The van der Waals surface area contributed by atoms with Crippen molar-refractivity contribution in [3.8, 4) is 5.75 Å². The molecule has 0 aliphatic heterocycles. The van der Waals surface area contributed by atoms with Gasteiger partial charge in [-0.3, -0.25) is 9.97 Å². The third-order valence-electron chi connectivity index (χ3n) is 2.46. The molecule has 2 N–H and O–H groups in total. The Kier molecular flexibility index (Phi) is 3.67. The fourth-order valence-electron chi connectivity index (χ4n) is 1.49. The van der Waals surface area contributed by atoms with Gasteiger partial charge in [0.15, 0.2) is 0 Å². The normalized spacial score (nSPS) is 10.2. The first-order chi connectivity index (χ1) is 8.29. The van der Waals surface area contributed by atoms with Crippen molar-refractivity contribution in [2.45, 2.75) is 20.1 Å². The Hall–Kier alpha value is -1.94. The molecule has 0 unspecified atom stereocenters. The van der Waals surface area contributed by atoms with Gasteiger partial charge < -0.3 is 10.5 Å². The first-order valence-electron chi connectivity index (χ1n) is 5.48.